The fraction of sp³-hybridized carbons (Fsp3) is 0.333. The predicted octanol–water partition coefficient (Wildman–Crippen LogP) is 2.32. The minimum absolute atomic E-state index is 0.0186. The minimum atomic E-state index is -0.977. The Kier molecular flexibility index (Phi) is 5.57. The van der Waals surface area contributed by atoms with Crippen LogP contribution >= 0.6 is 0 Å². The summed E-state index contributed by atoms with van der Waals surface area (Å²) in [5.74, 6) is -2.31. The Morgan fingerprint density at radius 1 is 1.30 bits per heavy atom. The lowest BCUT2D eigenvalue weighted by molar-refractivity contribution is -0.387. The van der Waals surface area contributed by atoms with Gasteiger partial charge in [0.2, 0.25) is 11.7 Å². The standard InChI is InChI=1S/C12H13FN2O5/c13-9-6-5-8(7-10(9)15(19)20)14-11(16)3-1-2-4-12(17)18/h5-7H,1-4H2,(H,14,16)(H,17,18). The number of amides is 1. The molecule has 0 heterocycles. The van der Waals surface area contributed by atoms with Crippen LogP contribution in [-0.4, -0.2) is 21.9 Å². The molecule has 108 valence electrons. The van der Waals surface area contributed by atoms with Crippen molar-refractivity contribution in [1.82, 2.24) is 0 Å². The molecule has 2 N–H and O–H groups in total. The molecule has 8 heteroatoms. The van der Waals surface area contributed by atoms with Crippen molar-refractivity contribution in [2.45, 2.75) is 25.7 Å². The van der Waals surface area contributed by atoms with Gasteiger partial charge in [0.25, 0.3) is 0 Å². The number of rotatable bonds is 7. The van der Waals surface area contributed by atoms with Gasteiger partial charge in [-0.1, -0.05) is 0 Å². The van der Waals surface area contributed by atoms with Gasteiger partial charge in [-0.3, -0.25) is 19.7 Å². The summed E-state index contributed by atoms with van der Waals surface area (Å²) in [7, 11) is 0. The molecule has 0 saturated carbocycles. The smallest absolute Gasteiger partial charge is 0.306 e. The molecule has 1 aromatic carbocycles. The molecule has 0 bridgehead atoms. The maximum Gasteiger partial charge on any atom is 0.306 e. The largest absolute Gasteiger partial charge is 0.481 e. The van der Waals surface area contributed by atoms with Gasteiger partial charge in [0.15, 0.2) is 0 Å². The van der Waals surface area contributed by atoms with Crippen LogP contribution in [0.4, 0.5) is 15.8 Å². The molecule has 1 aromatic rings. The van der Waals surface area contributed by atoms with Gasteiger partial charge in [-0.2, -0.15) is 4.39 Å². The quantitative estimate of drug-likeness (QED) is 0.453. The van der Waals surface area contributed by atoms with E-state index in [0.717, 1.165) is 12.1 Å². The Morgan fingerprint density at radius 2 is 1.95 bits per heavy atom. The molecule has 20 heavy (non-hydrogen) atoms. The molecule has 0 aliphatic heterocycles. The zero-order valence-electron chi connectivity index (χ0n) is 10.5. The maximum absolute atomic E-state index is 13.1. The zero-order valence-corrected chi connectivity index (χ0v) is 10.5. The van der Waals surface area contributed by atoms with Crippen LogP contribution in [0.2, 0.25) is 0 Å². The molecular formula is C12H13FN2O5. The van der Waals surface area contributed by atoms with E-state index in [1.54, 1.807) is 0 Å². The highest BCUT2D eigenvalue weighted by atomic mass is 19.1. The number of nitrogens with zero attached hydrogens (tertiary/aromatic N) is 1. The third-order valence-electron chi connectivity index (χ3n) is 2.47. The molecule has 0 radical (unpaired) electrons. The predicted molar refractivity (Wildman–Crippen MR) is 67.8 cm³/mol. The number of carbonyl (C=O) groups excluding carboxylic acids is 1. The summed E-state index contributed by atoms with van der Waals surface area (Å²) in [6.07, 6.45) is 0.835. The van der Waals surface area contributed by atoms with Crippen molar-refractivity contribution in [2.75, 3.05) is 5.32 Å². The second-order valence-electron chi connectivity index (χ2n) is 4.07. The maximum atomic E-state index is 13.1. The first kappa shape index (κ1) is 15.5. The van der Waals surface area contributed by atoms with Gasteiger partial charge in [0, 0.05) is 24.6 Å². The highest BCUT2D eigenvalue weighted by Gasteiger charge is 2.15. The van der Waals surface area contributed by atoms with Gasteiger partial charge >= 0.3 is 11.7 Å². The van der Waals surface area contributed by atoms with E-state index in [2.05, 4.69) is 5.32 Å². The van der Waals surface area contributed by atoms with E-state index in [1.807, 2.05) is 0 Å². The third kappa shape index (κ3) is 5.01. The number of nitro groups is 1. The van der Waals surface area contributed by atoms with Gasteiger partial charge in [0.05, 0.1) is 4.92 Å². The summed E-state index contributed by atoms with van der Waals surface area (Å²) in [4.78, 5) is 31.4. The van der Waals surface area contributed by atoms with Gasteiger partial charge in [-0.05, 0) is 25.0 Å². The fourth-order valence-electron chi connectivity index (χ4n) is 1.52. The van der Waals surface area contributed by atoms with Crippen molar-refractivity contribution >= 4 is 23.3 Å². The lowest BCUT2D eigenvalue weighted by Gasteiger charge is -2.05. The molecule has 0 spiro atoms. The van der Waals surface area contributed by atoms with Gasteiger partial charge < -0.3 is 10.4 Å². The average molecular weight is 284 g/mol. The normalized spacial score (nSPS) is 10.1. The topological polar surface area (TPSA) is 110 Å². The van der Waals surface area contributed by atoms with Crippen LogP contribution in [0.1, 0.15) is 25.7 Å². The molecule has 1 amide bonds. The summed E-state index contributed by atoms with van der Waals surface area (Å²) >= 11 is 0. The Morgan fingerprint density at radius 3 is 2.55 bits per heavy atom. The molecule has 0 aromatic heterocycles. The Balaban J connectivity index is 2.52. The second kappa shape index (κ2) is 7.17. The first-order valence-electron chi connectivity index (χ1n) is 5.85. The third-order valence-corrected chi connectivity index (χ3v) is 2.47. The van der Waals surface area contributed by atoms with E-state index >= 15 is 0 Å². The Bertz CT molecular complexity index is 533. The van der Waals surface area contributed by atoms with Gasteiger partial charge in [0.1, 0.15) is 0 Å². The van der Waals surface area contributed by atoms with Crippen LogP contribution in [0.15, 0.2) is 18.2 Å². The minimum Gasteiger partial charge on any atom is -0.481 e. The van der Waals surface area contributed by atoms with E-state index in [-0.39, 0.29) is 18.5 Å². The number of hydrogen-bond donors (Lipinski definition) is 2. The molecule has 0 atom stereocenters. The number of anilines is 1. The van der Waals surface area contributed by atoms with Gasteiger partial charge in [-0.15, -0.1) is 0 Å². The Labute approximate surface area is 113 Å². The highest BCUT2D eigenvalue weighted by molar-refractivity contribution is 5.91. The van der Waals surface area contributed by atoms with Crippen molar-refractivity contribution in [2.24, 2.45) is 0 Å². The number of hydrogen-bond acceptors (Lipinski definition) is 4. The second-order valence-corrected chi connectivity index (χ2v) is 4.07. The monoisotopic (exact) mass is 284 g/mol. The van der Waals surface area contributed by atoms with Crippen LogP contribution in [0.3, 0.4) is 0 Å². The van der Waals surface area contributed by atoms with Crippen molar-refractivity contribution < 1.29 is 24.0 Å². The van der Waals surface area contributed by atoms with Crippen molar-refractivity contribution in [3.05, 3.63) is 34.1 Å². The van der Waals surface area contributed by atoms with E-state index in [4.69, 9.17) is 5.11 Å². The molecule has 0 unspecified atom stereocenters. The molecule has 0 aliphatic rings. The number of nitro benzene ring substituents is 1. The first-order chi connectivity index (χ1) is 9.40. The van der Waals surface area contributed by atoms with Crippen molar-refractivity contribution in [1.29, 1.82) is 0 Å². The SMILES string of the molecule is O=C(O)CCCCC(=O)Nc1ccc(F)c([N+](=O)[O-])c1. The van der Waals surface area contributed by atoms with E-state index in [9.17, 15) is 24.1 Å². The number of benzene rings is 1. The Hall–Kier alpha value is -2.51. The first-order valence-corrected chi connectivity index (χ1v) is 5.85. The lowest BCUT2D eigenvalue weighted by atomic mass is 10.2. The molecule has 7 nitrogen and oxygen atoms in total. The number of carboxylic acids is 1. The van der Waals surface area contributed by atoms with Crippen LogP contribution in [0.5, 0.6) is 0 Å². The van der Waals surface area contributed by atoms with E-state index < -0.39 is 28.3 Å². The van der Waals surface area contributed by atoms with Crippen LogP contribution in [0, 0.1) is 15.9 Å². The summed E-state index contributed by atoms with van der Waals surface area (Å²) in [6.45, 7) is 0. The average Bonchev–Trinajstić information content (AvgIpc) is 2.36. The number of carboxylic acid groups (broad SMARTS) is 1. The summed E-state index contributed by atoms with van der Waals surface area (Å²) < 4.78 is 13.1. The van der Waals surface area contributed by atoms with Crippen LogP contribution < -0.4 is 5.32 Å². The molecule has 0 aliphatic carbocycles. The van der Waals surface area contributed by atoms with Crippen molar-refractivity contribution in [3.63, 3.8) is 0 Å². The zero-order chi connectivity index (χ0) is 15.1. The summed E-state index contributed by atoms with van der Waals surface area (Å²) in [5.41, 5.74) is -0.588. The summed E-state index contributed by atoms with van der Waals surface area (Å²) in [5, 5.41) is 21.3. The molecule has 0 saturated heterocycles. The van der Waals surface area contributed by atoms with E-state index in [0.29, 0.717) is 12.8 Å². The highest BCUT2D eigenvalue weighted by Crippen LogP contribution is 2.21. The number of unbranched alkanes of at least 4 members (excludes halogenated alkanes) is 1. The molecule has 0 fully saturated rings. The number of nitrogens with one attached hydrogen (secondary N) is 1. The molecular weight excluding hydrogens is 271 g/mol. The van der Waals surface area contributed by atoms with E-state index in [1.165, 1.54) is 6.07 Å². The number of aliphatic carboxylic acids is 1. The summed E-state index contributed by atoms with van der Waals surface area (Å²) in [6, 6.07) is 3.06. The van der Waals surface area contributed by atoms with Gasteiger partial charge in [-0.25, -0.2) is 0 Å². The van der Waals surface area contributed by atoms with Crippen LogP contribution in [0.25, 0.3) is 0 Å². The number of halogens is 1. The van der Waals surface area contributed by atoms with Crippen LogP contribution in [-0.2, 0) is 9.59 Å². The lowest BCUT2D eigenvalue weighted by Crippen LogP contribution is -2.11. The molecule has 1 rings (SSSR count). The number of carbonyl (C=O) groups is 2. The van der Waals surface area contributed by atoms with Crippen molar-refractivity contribution in [3.8, 4) is 0 Å². The fourth-order valence-corrected chi connectivity index (χ4v) is 1.52.